The van der Waals surface area contributed by atoms with Gasteiger partial charge in [-0.15, -0.1) is 0 Å². The quantitative estimate of drug-likeness (QED) is 0.909. The summed E-state index contributed by atoms with van der Waals surface area (Å²) in [6, 6.07) is 13.5. The van der Waals surface area contributed by atoms with Gasteiger partial charge in [0.2, 0.25) is 0 Å². The maximum Gasteiger partial charge on any atom is 0.416 e. The van der Waals surface area contributed by atoms with Crippen LogP contribution in [0.25, 0.3) is 0 Å². The topological polar surface area (TPSA) is 40.5 Å². The minimum atomic E-state index is -4.44. The lowest BCUT2D eigenvalue weighted by molar-refractivity contribution is -0.137. The van der Waals surface area contributed by atoms with Crippen LogP contribution in [0.3, 0.4) is 0 Å². The first-order valence-corrected chi connectivity index (χ1v) is 6.44. The first kappa shape index (κ1) is 15.5. The smallest absolute Gasteiger partial charge is 0.394 e. The molecule has 0 aromatic heterocycles. The second-order valence-corrected chi connectivity index (χ2v) is 4.76. The monoisotopic (exact) mass is 296 g/mol. The lowest BCUT2D eigenvalue weighted by Crippen LogP contribution is -2.24. The highest BCUT2D eigenvalue weighted by molar-refractivity contribution is 5.36. The fourth-order valence-electron chi connectivity index (χ4n) is 2.31. The predicted molar refractivity (Wildman–Crippen MR) is 72.8 cm³/mol. The van der Waals surface area contributed by atoms with Gasteiger partial charge in [0, 0.05) is 5.92 Å². The van der Waals surface area contributed by atoms with E-state index in [0.717, 1.165) is 12.1 Å². The number of aliphatic hydroxyl groups is 2. The van der Waals surface area contributed by atoms with Crippen molar-refractivity contribution in [1.82, 2.24) is 0 Å². The maximum atomic E-state index is 12.8. The van der Waals surface area contributed by atoms with Gasteiger partial charge in [0.05, 0.1) is 18.3 Å². The standard InChI is InChI=1S/C16H15F3O2/c17-16(18,19)13-8-4-7-12(9-13)15(14(21)10-20)11-5-2-1-3-6-11/h1-9,14-15,20-21H,10H2/t14-,15-/m1/s1. The number of alkyl halides is 3. The van der Waals surface area contributed by atoms with E-state index < -0.39 is 30.4 Å². The van der Waals surface area contributed by atoms with Crippen LogP contribution < -0.4 is 0 Å². The summed E-state index contributed by atoms with van der Waals surface area (Å²) in [6.45, 7) is -0.532. The molecule has 21 heavy (non-hydrogen) atoms. The van der Waals surface area contributed by atoms with Crippen LogP contribution in [-0.4, -0.2) is 22.9 Å². The van der Waals surface area contributed by atoms with Gasteiger partial charge in [-0.1, -0.05) is 48.5 Å². The zero-order chi connectivity index (χ0) is 15.5. The highest BCUT2D eigenvalue weighted by atomic mass is 19.4. The van der Waals surface area contributed by atoms with Gasteiger partial charge in [0.25, 0.3) is 0 Å². The van der Waals surface area contributed by atoms with Crippen LogP contribution in [0.5, 0.6) is 0 Å². The first-order chi connectivity index (χ1) is 9.93. The molecule has 0 saturated carbocycles. The predicted octanol–water partition coefficient (Wildman–Crippen LogP) is 3.19. The minimum absolute atomic E-state index is 0.317. The molecule has 0 bridgehead atoms. The molecule has 0 amide bonds. The lowest BCUT2D eigenvalue weighted by atomic mass is 9.86. The third kappa shape index (κ3) is 3.62. The Kier molecular flexibility index (Phi) is 4.65. The van der Waals surface area contributed by atoms with E-state index in [1.165, 1.54) is 12.1 Å². The number of rotatable bonds is 4. The van der Waals surface area contributed by atoms with Crippen molar-refractivity contribution in [2.45, 2.75) is 18.2 Å². The molecule has 0 unspecified atom stereocenters. The highest BCUT2D eigenvalue weighted by Gasteiger charge is 2.32. The molecule has 5 heteroatoms. The third-order valence-electron chi connectivity index (χ3n) is 3.30. The normalized spacial score (nSPS) is 14.7. The Bertz CT molecular complexity index is 582. The van der Waals surface area contributed by atoms with Crippen LogP contribution in [0.4, 0.5) is 13.2 Å². The maximum absolute atomic E-state index is 12.8. The molecule has 0 aliphatic carbocycles. The molecule has 2 nitrogen and oxygen atoms in total. The van der Waals surface area contributed by atoms with Crippen molar-refractivity contribution in [2.24, 2.45) is 0 Å². The van der Waals surface area contributed by atoms with Crippen LogP contribution in [-0.2, 0) is 6.18 Å². The van der Waals surface area contributed by atoms with Crippen LogP contribution >= 0.6 is 0 Å². The first-order valence-electron chi connectivity index (χ1n) is 6.44. The molecule has 112 valence electrons. The summed E-state index contributed by atoms with van der Waals surface area (Å²) in [4.78, 5) is 0. The van der Waals surface area contributed by atoms with E-state index in [9.17, 15) is 23.4 Å². The second kappa shape index (κ2) is 6.28. The summed E-state index contributed by atoms with van der Waals surface area (Å²) in [7, 11) is 0. The summed E-state index contributed by atoms with van der Waals surface area (Å²) < 4.78 is 38.4. The molecule has 0 radical (unpaired) electrons. The molecule has 2 N–H and O–H groups in total. The SMILES string of the molecule is OC[C@@H](O)[C@H](c1ccccc1)c1cccc(C(F)(F)F)c1. The van der Waals surface area contributed by atoms with E-state index in [1.54, 1.807) is 30.3 Å². The fraction of sp³-hybridized carbons (Fsp3) is 0.250. The summed E-state index contributed by atoms with van der Waals surface area (Å²) in [5.74, 6) is -0.710. The molecule has 0 heterocycles. The summed E-state index contributed by atoms with van der Waals surface area (Å²) >= 11 is 0. The molecule has 2 rings (SSSR count). The highest BCUT2D eigenvalue weighted by Crippen LogP contribution is 2.34. The van der Waals surface area contributed by atoms with Gasteiger partial charge in [-0.3, -0.25) is 0 Å². The zero-order valence-electron chi connectivity index (χ0n) is 11.1. The number of benzene rings is 2. The number of hydrogen-bond acceptors (Lipinski definition) is 2. The Balaban J connectivity index is 2.48. The summed E-state index contributed by atoms with van der Waals surface area (Å²) in [6.07, 6.45) is -5.61. The summed E-state index contributed by atoms with van der Waals surface area (Å²) in [5.41, 5.74) is 0.196. The number of halogens is 3. The molecule has 0 spiro atoms. The third-order valence-corrected chi connectivity index (χ3v) is 3.30. The van der Waals surface area contributed by atoms with E-state index in [2.05, 4.69) is 0 Å². The van der Waals surface area contributed by atoms with Crippen LogP contribution in [0.1, 0.15) is 22.6 Å². The van der Waals surface area contributed by atoms with Gasteiger partial charge >= 0.3 is 6.18 Å². The van der Waals surface area contributed by atoms with E-state index in [-0.39, 0.29) is 0 Å². The van der Waals surface area contributed by atoms with Crippen molar-refractivity contribution in [3.8, 4) is 0 Å². The molecule has 2 aromatic rings. The van der Waals surface area contributed by atoms with Crippen LogP contribution in [0, 0.1) is 0 Å². The molecule has 2 aromatic carbocycles. The van der Waals surface area contributed by atoms with E-state index in [0.29, 0.717) is 11.1 Å². The van der Waals surface area contributed by atoms with Crippen molar-refractivity contribution in [1.29, 1.82) is 0 Å². The lowest BCUT2D eigenvalue weighted by Gasteiger charge is -2.23. The molecule has 0 fully saturated rings. The van der Waals surface area contributed by atoms with Gasteiger partial charge in [-0.25, -0.2) is 0 Å². The molecular formula is C16H15F3O2. The van der Waals surface area contributed by atoms with Gasteiger partial charge in [0.15, 0.2) is 0 Å². The molecule has 0 saturated heterocycles. The fourth-order valence-corrected chi connectivity index (χ4v) is 2.31. The number of aliphatic hydroxyl groups excluding tert-OH is 2. The van der Waals surface area contributed by atoms with Crippen molar-refractivity contribution < 1.29 is 23.4 Å². The number of hydrogen-bond donors (Lipinski definition) is 2. The Morgan fingerprint density at radius 2 is 1.52 bits per heavy atom. The van der Waals surface area contributed by atoms with Gasteiger partial charge in [-0.05, 0) is 17.2 Å². The average molecular weight is 296 g/mol. The Hall–Kier alpha value is -1.85. The molecule has 0 aliphatic rings. The van der Waals surface area contributed by atoms with Gasteiger partial charge in [-0.2, -0.15) is 13.2 Å². The van der Waals surface area contributed by atoms with Crippen LogP contribution in [0.2, 0.25) is 0 Å². The molecule has 0 aliphatic heterocycles. The van der Waals surface area contributed by atoms with Crippen LogP contribution in [0.15, 0.2) is 54.6 Å². The largest absolute Gasteiger partial charge is 0.416 e. The van der Waals surface area contributed by atoms with Gasteiger partial charge in [0.1, 0.15) is 0 Å². The molecule has 2 atom stereocenters. The summed E-state index contributed by atoms with van der Waals surface area (Å²) in [5, 5.41) is 19.2. The average Bonchev–Trinajstić information content (AvgIpc) is 2.48. The van der Waals surface area contributed by atoms with E-state index in [4.69, 9.17) is 0 Å². The van der Waals surface area contributed by atoms with Crippen molar-refractivity contribution in [2.75, 3.05) is 6.61 Å². The van der Waals surface area contributed by atoms with Crippen molar-refractivity contribution in [3.63, 3.8) is 0 Å². The minimum Gasteiger partial charge on any atom is -0.394 e. The second-order valence-electron chi connectivity index (χ2n) is 4.76. The zero-order valence-corrected chi connectivity index (χ0v) is 11.1. The Labute approximate surface area is 120 Å². The Morgan fingerprint density at radius 1 is 0.905 bits per heavy atom. The molecular weight excluding hydrogens is 281 g/mol. The van der Waals surface area contributed by atoms with E-state index in [1.807, 2.05) is 0 Å². The van der Waals surface area contributed by atoms with E-state index >= 15 is 0 Å². The van der Waals surface area contributed by atoms with Crippen molar-refractivity contribution in [3.05, 3.63) is 71.3 Å². The Morgan fingerprint density at radius 3 is 2.10 bits per heavy atom. The van der Waals surface area contributed by atoms with Gasteiger partial charge < -0.3 is 10.2 Å². The van der Waals surface area contributed by atoms with Crippen molar-refractivity contribution >= 4 is 0 Å².